The minimum atomic E-state index is -0.652. The van der Waals surface area contributed by atoms with E-state index in [-0.39, 0.29) is 5.56 Å². The summed E-state index contributed by atoms with van der Waals surface area (Å²) in [5, 5.41) is 11.5. The van der Waals surface area contributed by atoms with Gasteiger partial charge in [-0.2, -0.15) is 10.2 Å². The highest BCUT2D eigenvalue weighted by atomic mass is 16.5. The van der Waals surface area contributed by atoms with Gasteiger partial charge in [0, 0.05) is 30.2 Å². The van der Waals surface area contributed by atoms with Crippen molar-refractivity contribution in [3.63, 3.8) is 0 Å². The summed E-state index contributed by atoms with van der Waals surface area (Å²) >= 11 is 0. The van der Waals surface area contributed by atoms with Gasteiger partial charge in [0.1, 0.15) is 5.82 Å². The second kappa shape index (κ2) is 9.84. The van der Waals surface area contributed by atoms with Crippen LogP contribution in [0.4, 0.5) is 5.82 Å². The lowest BCUT2D eigenvalue weighted by Gasteiger charge is -2.09. The minimum Gasteiger partial charge on any atom is -0.452 e. The summed E-state index contributed by atoms with van der Waals surface area (Å²) < 4.78 is 8.40. The molecule has 0 fully saturated rings. The lowest BCUT2D eigenvalue weighted by Crippen LogP contribution is -2.22. The predicted octanol–water partition coefficient (Wildman–Crippen LogP) is 3.92. The Balaban J connectivity index is 1.28. The predicted molar refractivity (Wildman–Crippen MR) is 129 cm³/mol. The molecule has 0 saturated heterocycles. The molecule has 5 rings (SSSR count). The SMILES string of the molecule is O=C(COC(=O)c1ccc(-n2cccn2)nc1)Nc1cc(-c2ccccc2)nn1-c1ccccc1. The van der Waals surface area contributed by atoms with E-state index < -0.39 is 18.5 Å². The first-order valence-electron chi connectivity index (χ1n) is 10.8. The first-order valence-corrected chi connectivity index (χ1v) is 10.8. The molecule has 5 aromatic rings. The van der Waals surface area contributed by atoms with Crippen molar-refractivity contribution in [1.29, 1.82) is 0 Å². The van der Waals surface area contributed by atoms with Crippen LogP contribution in [0.3, 0.4) is 0 Å². The third-order valence-corrected chi connectivity index (χ3v) is 5.10. The monoisotopic (exact) mass is 464 g/mol. The molecular weight excluding hydrogens is 444 g/mol. The summed E-state index contributed by atoms with van der Waals surface area (Å²) in [4.78, 5) is 29.2. The molecule has 9 heteroatoms. The van der Waals surface area contributed by atoms with Gasteiger partial charge in [0.25, 0.3) is 5.91 Å². The fourth-order valence-corrected chi connectivity index (χ4v) is 3.43. The number of nitrogens with zero attached hydrogens (tertiary/aromatic N) is 5. The number of ether oxygens (including phenoxy) is 1. The second-order valence-corrected chi connectivity index (χ2v) is 7.51. The van der Waals surface area contributed by atoms with Gasteiger partial charge in [-0.25, -0.2) is 19.1 Å². The largest absolute Gasteiger partial charge is 0.452 e. The molecule has 0 atom stereocenters. The summed E-state index contributed by atoms with van der Waals surface area (Å²) in [5.41, 5.74) is 2.62. The van der Waals surface area contributed by atoms with Gasteiger partial charge in [0.2, 0.25) is 0 Å². The number of pyridine rings is 1. The van der Waals surface area contributed by atoms with Gasteiger partial charge in [-0.05, 0) is 30.3 Å². The van der Waals surface area contributed by atoms with Gasteiger partial charge in [-0.3, -0.25) is 4.79 Å². The molecule has 0 radical (unpaired) electrons. The molecule has 3 aromatic heterocycles. The quantitative estimate of drug-likeness (QED) is 0.366. The van der Waals surface area contributed by atoms with Crippen molar-refractivity contribution in [3.05, 3.63) is 109 Å². The van der Waals surface area contributed by atoms with E-state index in [4.69, 9.17) is 4.74 Å². The highest BCUT2D eigenvalue weighted by Crippen LogP contribution is 2.24. The van der Waals surface area contributed by atoms with Crippen LogP contribution in [0, 0.1) is 0 Å². The van der Waals surface area contributed by atoms with Crippen molar-refractivity contribution in [1.82, 2.24) is 24.5 Å². The van der Waals surface area contributed by atoms with E-state index in [9.17, 15) is 9.59 Å². The van der Waals surface area contributed by atoms with Gasteiger partial charge < -0.3 is 10.1 Å². The van der Waals surface area contributed by atoms with E-state index in [0.29, 0.717) is 17.3 Å². The molecule has 1 N–H and O–H groups in total. The minimum absolute atomic E-state index is 0.231. The zero-order chi connectivity index (χ0) is 24.0. The zero-order valence-corrected chi connectivity index (χ0v) is 18.5. The van der Waals surface area contributed by atoms with Crippen molar-refractivity contribution >= 4 is 17.7 Å². The third-order valence-electron chi connectivity index (χ3n) is 5.10. The van der Waals surface area contributed by atoms with Gasteiger partial charge in [0.05, 0.1) is 16.9 Å². The highest BCUT2D eigenvalue weighted by Gasteiger charge is 2.16. The molecule has 0 saturated carbocycles. The number of esters is 1. The number of amides is 1. The van der Waals surface area contributed by atoms with Gasteiger partial charge >= 0.3 is 5.97 Å². The Morgan fingerprint density at radius 3 is 2.37 bits per heavy atom. The van der Waals surface area contributed by atoms with Crippen LogP contribution in [0.25, 0.3) is 22.8 Å². The Hall–Kier alpha value is -5.05. The number of carbonyl (C=O) groups is 2. The number of benzene rings is 2. The summed E-state index contributed by atoms with van der Waals surface area (Å²) in [6.45, 7) is -0.458. The van der Waals surface area contributed by atoms with E-state index in [1.807, 2.05) is 60.7 Å². The van der Waals surface area contributed by atoms with E-state index in [1.54, 1.807) is 46.0 Å². The molecule has 0 bridgehead atoms. The van der Waals surface area contributed by atoms with E-state index >= 15 is 0 Å². The third kappa shape index (κ3) is 4.98. The average Bonchev–Trinajstić information content (AvgIpc) is 3.59. The average molecular weight is 464 g/mol. The number of hydrogen-bond donors (Lipinski definition) is 1. The molecule has 0 spiro atoms. The Kier molecular flexibility index (Phi) is 6.12. The Labute approximate surface area is 200 Å². The maximum Gasteiger partial charge on any atom is 0.340 e. The second-order valence-electron chi connectivity index (χ2n) is 7.51. The van der Waals surface area contributed by atoms with Crippen molar-refractivity contribution in [3.8, 4) is 22.8 Å². The summed E-state index contributed by atoms with van der Waals surface area (Å²) in [6.07, 6.45) is 4.76. The normalized spacial score (nSPS) is 10.6. The lowest BCUT2D eigenvalue weighted by atomic mass is 10.2. The number of aromatic nitrogens is 5. The summed E-state index contributed by atoms with van der Waals surface area (Å²) in [6, 6.07) is 25.9. The molecular formula is C26H20N6O3. The number of para-hydroxylation sites is 1. The van der Waals surface area contributed by atoms with Gasteiger partial charge in [-0.15, -0.1) is 0 Å². The van der Waals surface area contributed by atoms with Crippen LogP contribution >= 0.6 is 0 Å². The van der Waals surface area contributed by atoms with Crippen LogP contribution in [-0.2, 0) is 9.53 Å². The van der Waals surface area contributed by atoms with Crippen LogP contribution in [0.5, 0.6) is 0 Å². The fraction of sp³-hybridized carbons (Fsp3) is 0.0385. The van der Waals surface area contributed by atoms with Gasteiger partial charge in [0.15, 0.2) is 12.4 Å². The van der Waals surface area contributed by atoms with Gasteiger partial charge in [-0.1, -0.05) is 48.5 Å². The zero-order valence-electron chi connectivity index (χ0n) is 18.5. The molecule has 0 aliphatic rings. The van der Waals surface area contributed by atoms with Crippen LogP contribution in [0.1, 0.15) is 10.4 Å². The first kappa shape index (κ1) is 21.8. The topological polar surface area (TPSA) is 104 Å². The van der Waals surface area contributed by atoms with Crippen LogP contribution in [0.2, 0.25) is 0 Å². The van der Waals surface area contributed by atoms with Crippen molar-refractivity contribution in [2.45, 2.75) is 0 Å². The molecule has 1 amide bonds. The molecule has 0 aliphatic carbocycles. The van der Waals surface area contributed by atoms with Crippen molar-refractivity contribution in [2.75, 3.05) is 11.9 Å². The Morgan fingerprint density at radius 1 is 0.914 bits per heavy atom. The molecule has 3 heterocycles. The molecule has 9 nitrogen and oxygen atoms in total. The van der Waals surface area contributed by atoms with E-state index in [1.165, 1.54) is 6.20 Å². The highest BCUT2D eigenvalue weighted by molar-refractivity contribution is 5.95. The maximum atomic E-state index is 12.6. The number of anilines is 1. The van der Waals surface area contributed by atoms with Crippen LogP contribution in [-0.4, -0.2) is 43.0 Å². The smallest absolute Gasteiger partial charge is 0.340 e. The van der Waals surface area contributed by atoms with E-state index in [2.05, 4.69) is 20.5 Å². The lowest BCUT2D eigenvalue weighted by molar-refractivity contribution is -0.119. The Morgan fingerprint density at radius 2 is 1.69 bits per heavy atom. The molecule has 0 unspecified atom stereocenters. The number of carbonyl (C=O) groups excluding carboxylic acids is 2. The van der Waals surface area contributed by atoms with Crippen LogP contribution < -0.4 is 5.32 Å². The summed E-state index contributed by atoms with van der Waals surface area (Å²) in [5.74, 6) is -0.119. The molecule has 0 aliphatic heterocycles. The maximum absolute atomic E-state index is 12.6. The van der Waals surface area contributed by atoms with Crippen molar-refractivity contribution in [2.24, 2.45) is 0 Å². The molecule has 2 aromatic carbocycles. The number of nitrogens with one attached hydrogen (secondary N) is 1. The number of rotatable bonds is 7. The Bertz CT molecular complexity index is 1430. The fourth-order valence-electron chi connectivity index (χ4n) is 3.43. The number of hydrogen-bond acceptors (Lipinski definition) is 6. The molecule has 172 valence electrons. The first-order chi connectivity index (χ1) is 17.2. The summed E-state index contributed by atoms with van der Waals surface area (Å²) in [7, 11) is 0. The standard InChI is InChI=1S/C26H20N6O3/c33-25(18-35-26(34)20-12-13-23(27-17-20)31-15-7-14-28-31)29-24-16-22(19-8-3-1-4-9-19)30-32(24)21-10-5-2-6-11-21/h1-17H,18H2,(H,29,33). The van der Waals surface area contributed by atoms with Crippen LogP contribution in [0.15, 0.2) is 104 Å². The molecule has 35 heavy (non-hydrogen) atoms. The van der Waals surface area contributed by atoms with E-state index in [0.717, 1.165) is 11.3 Å². The van der Waals surface area contributed by atoms with Crippen molar-refractivity contribution < 1.29 is 14.3 Å².